The summed E-state index contributed by atoms with van der Waals surface area (Å²) in [6, 6.07) is 61.5. The molecule has 11 rings (SSSR count). The highest BCUT2D eigenvalue weighted by Gasteiger charge is 2.28. The molecule has 1 aliphatic rings. The summed E-state index contributed by atoms with van der Waals surface area (Å²) in [7, 11) is 0. The molecule has 8 aromatic carbocycles. The second kappa shape index (κ2) is 12.3. The van der Waals surface area contributed by atoms with Gasteiger partial charge < -0.3 is 14.2 Å². The zero-order valence-corrected chi connectivity index (χ0v) is 29.2. The highest BCUT2D eigenvalue weighted by atomic mass is 16.3. The summed E-state index contributed by atoms with van der Waals surface area (Å²) in [6.07, 6.45) is -0.441. The van der Waals surface area contributed by atoms with Crippen LogP contribution in [0, 0.1) is 0 Å². The van der Waals surface area contributed by atoms with Crippen molar-refractivity contribution in [2.24, 2.45) is 4.99 Å². The molecule has 2 atom stereocenters. The summed E-state index contributed by atoms with van der Waals surface area (Å²) >= 11 is 0. The van der Waals surface area contributed by atoms with E-state index in [9.17, 15) is 0 Å². The van der Waals surface area contributed by atoms with Gasteiger partial charge in [-0.05, 0) is 57.3 Å². The van der Waals surface area contributed by atoms with Crippen molar-refractivity contribution in [1.82, 2.24) is 10.6 Å². The number of furan rings is 2. The molecule has 2 unspecified atom stereocenters. The van der Waals surface area contributed by atoms with Gasteiger partial charge in [0.2, 0.25) is 0 Å². The SMILES string of the molecule is c1ccc(C2=NC(c3ccccc3)NC(c3ccc(-c4c(-c5cccc6c5oc5ccccc56)ccc5oc6ccccc6c45)c4ccccc34)N2)cc1. The number of benzene rings is 8. The van der Waals surface area contributed by atoms with E-state index in [1.807, 2.05) is 30.3 Å². The van der Waals surface area contributed by atoms with Crippen LogP contribution in [0.5, 0.6) is 0 Å². The van der Waals surface area contributed by atoms with Crippen LogP contribution in [0.25, 0.3) is 76.9 Å². The maximum atomic E-state index is 6.64. The van der Waals surface area contributed by atoms with Crippen LogP contribution in [-0.4, -0.2) is 5.84 Å². The number of para-hydroxylation sites is 3. The molecule has 0 saturated carbocycles. The Morgan fingerprint density at radius 3 is 1.91 bits per heavy atom. The highest BCUT2D eigenvalue weighted by Crippen LogP contribution is 2.48. The minimum absolute atomic E-state index is 0.212. The fourth-order valence-corrected chi connectivity index (χ4v) is 8.34. The van der Waals surface area contributed by atoms with Crippen LogP contribution in [0.1, 0.15) is 29.0 Å². The van der Waals surface area contributed by atoms with Crippen molar-refractivity contribution in [2.75, 3.05) is 0 Å². The standard InChI is InChI=1S/C49H33N3O2/c1-3-14-30(15-4-1)47-50-48(31-16-5-2-6-17-31)52-49(51-47)39-27-26-35(32-18-7-8-19-33(32)39)44-36(28-29-43-45(44)40-21-10-12-25-42(40)53-43)38-23-13-22-37-34-20-9-11-24-41(34)54-46(37)38/h1-29,47,49,51H,(H,50,52). The molecule has 3 heterocycles. The minimum Gasteiger partial charge on any atom is -0.456 e. The molecule has 2 aromatic heterocycles. The van der Waals surface area contributed by atoms with Gasteiger partial charge in [0.15, 0.2) is 0 Å². The Morgan fingerprint density at radius 1 is 0.444 bits per heavy atom. The molecule has 0 saturated heterocycles. The molecule has 2 N–H and O–H groups in total. The van der Waals surface area contributed by atoms with Gasteiger partial charge in [-0.3, -0.25) is 5.32 Å². The first-order valence-electron chi connectivity index (χ1n) is 18.4. The molecule has 5 nitrogen and oxygen atoms in total. The number of hydrogen-bond donors (Lipinski definition) is 2. The predicted octanol–water partition coefficient (Wildman–Crippen LogP) is 12.3. The number of nitrogens with one attached hydrogen (secondary N) is 2. The fourth-order valence-electron chi connectivity index (χ4n) is 8.34. The van der Waals surface area contributed by atoms with Crippen molar-refractivity contribution in [3.8, 4) is 22.3 Å². The van der Waals surface area contributed by atoms with Crippen LogP contribution in [-0.2, 0) is 0 Å². The lowest BCUT2D eigenvalue weighted by molar-refractivity contribution is 0.411. The number of rotatable bonds is 5. The lowest BCUT2D eigenvalue weighted by atomic mass is 9.86. The zero-order valence-electron chi connectivity index (χ0n) is 29.2. The van der Waals surface area contributed by atoms with E-state index in [-0.39, 0.29) is 12.3 Å². The molecule has 0 bridgehead atoms. The van der Waals surface area contributed by atoms with E-state index in [1.165, 1.54) is 0 Å². The lowest BCUT2D eigenvalue weighted by Gasteiger charge is -2.33. The maximum Gasteiger partial charge on any atom is 0.143 e. The molecule has 0 aliphatic carbocycles. The van der Waals surface area contributed by atoms with Gasteiger partial charge in [0.05, 0.1) is 0 Å². The van der Waals surface area contributed by atoms with Crippen LogP contribution in [0.15, 0.2) is 190 Å². The van der Waals surface area contributed by atoms with Gasteiger partial charge in [-0.2, -0.15) is 0 Å². The first-order chi connectivity index (χ1) is 26.8. The van der Waals surface area contributed by atoms with Crippen molar-refractivity contribution in [3.63, 3.8) is 0 Å². The van der Waals surface area contributed by atoms with Gasteiger partial charge in [0, 0.05) is 38.2 Å². The quantitative estimate of drug-likeness (QED) is 0.188. The van der Waals surface area contributed by atoms with Crippen molar-refractivity contribution >= 4 is 60.5 Å². The third-order valence-corrected chi connectivity index (χ3v) is 10.8. The molecule has 0 fully saturated rings. The number of nitrogens with zero attached hydrogens (tertiary/aromatic N) is 1. The van der Waals surface area contributed by atoms with Crippen LogP contribution in [0.4, 0.5) is 0 Å². The minimum atomic E-state index is -0.229. The third-order valence-electron chi connectivity index (χ3n) is 10.8. The normalized spacial score (nSPS) is 16.0. The van der Waals surface area contributed by atoms with E-state index < -0.39 is 0 Å². The first kappa shape index (κ1) is 30.7. The first-order valence-corrected chi connectivity index (χ1v) is 18.4. The Kier molecular flexibility index (Phi) is 7.00. The molecule has 1 aliphatic heterocycles. The van der Waals surface area contributed by atoms with Gasteiger partial charge in [-0.1, -0.05) is 152 Å². The summed E-state index contributed by atoms with van der Waals surface area (Å²) in [5.41, 5.74) is 11.2. The molecule has 0 amide bonds. The number of amidine groups is 1. The predicted molar refractivity (Wildman–Crippen MR) is 221 cm³/mol. The smallest absolute Gasteiger partial charge is 0.143 e. The molecule has 54 heavy (non-hydrogen) atoms. The van der Waals surface area contributed by atoms with E-state index in [4.69, 9.17) is 13.8 Å². The average Bonchev–Trinajstić information content (AvgIpc) is 3.82. The van der Waals surface area contributed by atoms with Gasteiger partial charge in [0.1, 0.15) is 40.5 Å². The van der Waals surface area contributed by atoms with E-state index in [1.54, 1.807) is 0 Å². The molecule has 256 valence electrons. The Labute approximate surface area is 311 Å². The van der Waals surface area contributed by atoms with Gasteiger partial charge >= 0.3 is 0 Å². The number of aliphatic imine (C=N–C) groups is 1. The topological polar surface area (TPSA) is 62.7 Å². The molecule has 0 radical (unpaired) electrons. The molecular weight excluding hydrogens is 663 g/mol. The van der Waals surface area contributed by atoms with Crippen LogP contribution < -0.4 is 10.6 Å². The van der Waals surface area contributed by atoms with E-state index in [0.29, 0.717) is 0 Å². The van der Waals surface area contributed by atoms with Gasteiger partial charge in [0.25, 0.3) is 0 Å². The Balaban J connectivity index is 1.15. The van der Waals surface area contributed by atoms with Crippen LogP contribution in [0.3, 0.4) is 0 Å². The Bertz CT molecular complexity index is 3070. The molecular formula is C49H33N3O2. The lowest BCUT2D eigenvalue weighted by Crippen LogP contribution is -2.45. The van der Waals surface area contributed by atoms with Gasteiger partial charge in [-0.15, -0.1) is 0 Å². The second-order valence-corrected chi connectivity index (χ2v) is 13.9. The molecule has 10 aromatic rings. The zero-order chi connectivity index (χ0) is 35.6. The van der Waals surface area contributed by atoms with Crippen LogP contribution >= 0.6 is 0 Å². The third kappa shape index (κ3) is 4.86. The Morgan fingerprint density at radius 2 is 1.09 bits per heavy atom. The van der Waals surface area contributed by atoms with Crippen molar-refractivity contribution in [1.29, 1.82) is 0 Å². The summed E-state index contributed by atoms with van der Waals surface area (Å²) in [5.74, 6) is 0.859. The number of hydrogen-bond acceptors (Lipinski definition) is 5. The van der Waals surface area contributed by atoms with Gasteiger partial charge in [-0.25, -0.2) is 4.99 Å². The molecule has 0 spiro atoms. The van der Waals surface area contributed by atoms with Crippen molar-refractivity contribution < 1.29 is 8.83 Å². The molecule has 5 heteroatoms. The summed E-state index contributed by atoms with van der Waals surface area (Å²) in [4.78, 5) is 5.16. The monoisotopic (exact) mass is 695 g/mol. The largest absolute Gasteiger partial charge is 0.456 e. The van der Waals surface area contributed by atoms with Crippen molar-refractivity contribution in [3.05, 3.63) is 193 Å². The second-order valence-electron chi connectivity index (χ2n) is 13.9. The highest BCUT2D eigenvalue weighted by molar-refractivity contribution is 6.21. The van der Waals surface area contributed by atoms with E-state index in [0.717, 1.165) is 99.4 Å². The summed E-state index contributed by atoms with van der Waals surface area (Å²) in [6.45, 7) is 0. The number of fused-ring (bicyclic) bond motifs is 7. The maximum absolute atomic E-state index is 6.64. The van der Waals surface area contributed by atoms with E-state index in [2.05, 4.69) is 156 Å². The van der Waals surface area contributed by atoms with Crippen LogP contribution in [0.2, 0.25) is 0 Å². The fraction of sp³-hybridized carbons (Fsp3) is 0.0408. The van der Waals surface area contributed by atoms with Crippen molar-refractivity contribution in [2.45, 2.75) is 12.3 Å². The Hall–Kier alpha value is -6.95. The summed E-state index contributed by atoms with van der Waals surface area (Å²) < 4.78 is 13.2. The average molecular weight is 696 g/mol. The van der Waals surface area contributed by atoms with E-state index >= 15 is 0 Å². The summed E-state index contributed by atoms with van der Waals surface area (Å²) in [5, 5.41) is 14.3.